The number of amides is 1. The van der Waals surface area contributed by atoms with Gasteiger partial charge in [-0.3, -0.25) is 14.8 Å². The van der Waals surface area contributed by atoms with E-state index in [4.69, 9.17) is 0 Å². The van der Waals surface area contributed by atoms with Crippen molar-refractivity contribution in [1.29, 1.82) is 0 Å². The van der Waals surface area contributed by atoms with Crippen LogP contribution in [0.1, 0.15) is 10.4 Å². The molecule has 1 amide bonds. The Hall–Kier alpha value is -1.97. The van der Waals surface area contributed by atoms with Crippen molar-refractivity contribution in [2.24, 2.45) is 4.99 Å². The number of hydrogen-bond donors (Lipinski definition) is 0. The Kier molecular flexibility index (Phi) is 2.58. The van der Waals surface area contributed by atoms with E-state index in [1.807, 2.05) is 5.16 Å². The highest BCUT2D eigenvalue weighted by molar-refractivity contribution is 7.78. The minimum absolute atomic E-state index is 0.387. The van der Waals surface area contributed by atoms with Gasteiger partial charge in [0.1, 0.15) is 5.52 Å². The van der Waals surface area contributed by atoms with E-state index in [0.29, 0.717) is 16.6 Å². The molecular weight excluding hydrogens is 210 g/mol. The maximum atomic E-state index is 11.5. The van der Waals surface area contributed by atoms with Crippen LogP contribution in [-0.2, 0) is 0 Å². The summed E-state index contributed by atoms with van der Waals surface area (Å²) in [5.74, 6) is -0.448. The number of hydrogen-bond acceptors (Lipinski definition) is 4. The van der Waals surface area contributed by atoms with E-state index < -0.39 is 5.91 Å². The third-order valence-corrected chi connectivity index (χ3v) is 1.97. The lowest BCUT2D eigenvalue weighted by molar-refractivity contribution is 0.100. The Morgan fingerprint density at radius 2 is 2.13 bits per heavy atom. The number of aliphatic imine (C=N–C) groups is 1. The van der Waals surface area contributed by atoms with Crippen LogP contribution in [0.25, 0.3) is 11.0 Å². The number of aromatic nitrogens is 2. The van der Waals surface area contributed by atoms with Crippen molar-refractivity contribution in [3.8, 4) is 0 Å². The van der Waals surface area contributed by atoms with E-state index in [0.717, 1.165) is 0 Å². The van der Waals surface area contributed by atoms with Crippen LogP contribution >= 0.6 is 12.2 Å². The van der Waals surface area contributed by atoms with Gasteiger partial charge >= 0.3 is 0 Å². The van der Waals surface area contributed by atoms with Crippen LogP contribution < -0.4 is 0 Å². The summed E-state index contributed by atoms with van der Waals surface area (Å²) in [6.45, 7) is 0. The van der Waals surface area contributed by atoms with Crippen molar-refractivity contribution in [3.05, 3.63) is 36.2 Å². The maximum absolute atomic E-state index is 11.5. The summed E-state index contributed by atoms with van der Waals surface area (Å²) in [6, 6.07) is 5.14. The smallest absolute Gasteiger partial charge is 0.266 e. The minimum atomic E-state index is -0.448. The third-order valence-electron chi connectivity index (χ3n) is 1.88. The van der Waals surface area contributed by atoms with Crippen molar-refractivity contribution in [2.45, 2.75) is 0 Å². The highest BCUT2D eigenvalue weighted by Crippen LogP contribution is 2.14. The van der Waals surface area contributed by atoms with Gasteiger partial charge < -0.3 is 0 Å². The number of isothiocyanates is 1. The number of para-hydroxylation sites is 1. The second-order valence-corrected chi connectivity index (χ2v) is 2.92. The summed E-state index contributed by atoms with van der Waals surface area (Å²) < 4.78 is 0. The quantitative estimate of drug-likeness (QED) is 0.538. The number of rotatable bonds is 1. The molecule has 0 fully saturated rings. The van der Waals surface area contributed by atoms with Crippen LogP contribution in [0.4, 0.5) is 0 Å². The molecule has 0 saturated carbocycles. The summed E-state index contributed by atoms with van der Waals surface area (Å²) in [6.07, 6.45) is 3.10. The zero-order chi connectivity index (χ0) is 10.7. The summed E-state index contributed by atoms with van der Waals surface area (Å²) in [5, 5.41) is 2.04. The predicted octanol–water partition coefficient (Wildman–Crippen LogP) is 1.87. The monoisotopic (exact) mass is 215 g/mol. The van der Waals surface area contributed by atoms with Crippen molar-refractivity contribution in [2.75, 3.05) is 0 Å². The van der Waals surface area contributed by atoms with E-state index in [9.17, 15) is 4.79 Å². The Morgan fingerprint density at radius 3 is 2.93 bits per heavy atom. The lowest BCUT2D eigenvalue weighted by atomic mass is 10.1. The predicted molar refractivity (Wildman–Crippen MR) is 58.9 cm³/mol. The molecule has 2 aromatic rings. The van der Waals surface area contributed by atoms with Crippen LogP contribution in [0.3, 0.4) is 0 Å². The van der Waals surface area contributed by atoms with Crippen LogP contribution in [0, 0.1) is 0 Å². The van der Waals surface area contributed by atoms with E-state index in [2.05, 4.69) is 27.2 Å². The van der Waals surface area contributed by atoms with Gasteiger partial charge in [0.05, 0.1) is 16.2 Å². The molecule has 1 aromatic heterocycles. The summed E-state index contributed by atoms with van der Waals surface area (Å²) in [5.41, 5.74) is 1.57. The molecule has 2 rings (SSSR count). The minimum Gasteiger partial charge on any atom is -0.266 e. The molecule has 0 aliphatic carbocycles. The van der Waals surface area contributed by atoms with Gasteiger partial charge in [0.2, 0.25) is 0 Å². The molecule has 1 heterocycles. The van der Waals surface area contributed by atoms with Gasteiger partial charge in [-0.15, -0.1) is 0 Å². The van der Waals surface area contributed by atoms with Gasteiger partial charge in [-0.25, -0.2) is 0 Å². The molecule has 0 N–H and O–H groups in total. The van der Waals surface area contributed by atoms with Gasteiger partial charge in [0.25, 0.3) is 5.91 Å². The molecule has 0 unspecified atom stereocenters. The van der Waals surface area contributed by atoms with Gasteiger partial charge in [-0.1, -0.05) is 6.07 Å². The first kappa shape index (κ1) is 9.58. The van der Waals surface area contributed by atoms with Gasteiger partial charge in [-0.2, -0.15) is 4.99 Å². The van der Waals surface area contributed by atoms with Crippen LogP contribution in [-0.4, -0.2) is 21.0 Å². The summed E-state index contributed by atoms with van der Waals surface area (Å²) in [7, 11) is 0. The molecule has 15 heavy (non-hydrogen) atoms. The van der Waals surface area contributed by atoms with E-state index in [1.54, 1.807) is 24.4 Å². The normalized spacial score (nSPS) is 9.60. The van der Waals surface area contributed by atoms with E-state index in [-0.39, 0.29) is 0 Å². The fraction of sp³-hybridized carbons (Fsp3) is 0. The molecule has 0 radical (unpaired) electrons. The summed E-state index contributed by atoms with van der Waals surface area (Å²) in [4.78, 5) is 23.1. The standard InChI is InChI=1S/C10H5N3OS/c14-10(13-6-15)7-2-1-3-8-9(7)12-5-4-11-8/h1-5H. The van der Waals surface area contributed by atoms with Gasteiger partial charge in [0, 0.05) is 12.4 Å². The third kappa shape index (κ3) is 1.79. The van der Waals surface area contributed by atoms with Gasteiger partial charge in [0.15, 0.2) is 0 Å². The number of thiocarbonyl (C=S) groups is 1. The molecule has 5 heteroatoms. The fourth-order valence-corrected chi connectivity index (χ4v) is 1.35. The van der Waals surface area contributed by atoms with Crippen molar-refractivity contribution < 1.29 is 4.79 Å². The molecular formula is C10H5N3OS. The van der Waals surface area contributed by atoms with E-state index >= 15 is 0 Å². The largest absolute Gasteiger partial charge is 0.288 e. The topological polar surface area (TPSA) is 55.2 Å². The molecule has 0 bridgehead atoms. The average molecular weight is 215 g/mol. The summed E-state index contributed by atoms with van der Waals surface area (Å²) >= 11 is 4.38. The number of nitrogens with zero attached hydrogens (tertiary/aromatic N) is 3. The average Bonchev–Trinajstić information content (AvgIpc) is 2.28. The lowest BCUT2D eigenvalue weighted by Gasteiger charge is -1.99. The highest BCUT2D eigenvalue weighted by Gasteiger charge is 2.09. The molecule has 4 nitrogen and oxygen atoms in total. The first-order chi connectivity index (χ1) is 7.33. The van der Waals surface area contributed by atoms with Crippen LogP contribution in [0.15, 0.2) is 35.6 Å². The molecule has 0 aliphatic heterocycles. The number of fused-ring (bicyclic) bond motifs is 1. The molecule has 0 spiro atoms. The maximum Gasteiger partial charge on any atom is 0.288 e. The highest BCUT2D eigenvalue weighted by atomic mass is 32.1. The van der Waals surface area contributed by atoms with Crippen LogP contribution in [0.2, 0.25) is 0 Å². The Balaban J connectivity index is 2.71. The number of carbonyl (C=O) groups excluding carboxylic acids is 1. The second-order valence-electron chi connectivity index (χ2n) is 2.74. The van der Waals surface area contributed by atoms with Crippen molar-refractivity contribution >= 4 is 34.3 Å². The molecule has 0 aliphatic rings. The lowest BCUT2D eigenvalue weighted by Crippen LogP contribution is -1.97. The van der Waals surface area contributed by atoms with Gasteiger partial charge in [-0.05, 0) is 24.4 Å². The SMILES string of the molecule is O=C(N=C=S)c1cccc2nccnc12. The Morgan fingerprint density at radius 1 is 1.33 bits per heavy atom. The zero-order valence-electron chi connectivity index (χ0n) is 7.54. The molecule has 1 aromatic carbocycles. The van der Waals surface area contributed by atoms with Crippen LogP contribution in [0.5, 0.6) is 0 Å². The number of carbonyl (C=O) groups is 1. The molecule has 0 saturated heterocycles. The van der Waals surface area contributed by atoms with E-state index in [1.165, 1.54) is 6.20 Å². The second kappa shape index (κ2) is 4.04. The Bertz CT molecular complexity index is 570. The van der Waals surface area contributed by atoms with Crippen molar-refractivity contribution in [1.82, 2.24) is 9.97 Å². The molecule has 72 valence electrons. The van der Waals surface area contributed by atoms with Crippen molar-refractivity contribution in [3.63, 3.8) is 0 Å². The first-order valence-corrected chi connectivity index (χ1v) is 4.55. The molecule has 0 atom stereocenters. The Labute approximate surface area is 90.7 Å². The fourth-order valence-electron chi connectivity index (χ4n) is 1.27. The zero-order valence-corrected chi connectivity index (χ0v) is 8.36. The first-order valence-electron chi connectivity index (χ1n) is 4.15. The number of benzene rings is 1.